The van der Waals surface area contributed by atoms with Crippen LogP contribution in [0.1, 0.15) is 12.0 Å². The van der Waals surface area contributed by atoms with E-state index in [1.807, 2.05) is 24.3 Å². The Morgan fingerprint density at radius 1 is 0.970 bits per heavy atom. The van der Waals surface area contributed by atoms with Gasteiger partial charge in [0.15, 0.2) is 6.61 Å². The summed E-state index contributed by atoms with van der Waals surface area (Å²) in [6, 6.07) is 21.0. The van der Waals surface area contributed by atoms with Gasteiger partial charge in [0.25, 0.3) is 0 Å². The van der Waals surface area contributed by atoms with E-state index in [0.29, 0.717) is 17.9 Å². The maximum Gasteiger partial charge on any atom is 0.343 e. The Hall–Kier alpha value is -4.13. The van der Waals surface area contributed by atoms with Crippen LogP contribution >= 0.6 is 0 Å². The van der Waals surface area contributed by atoms with Gasteiger partial charge in [0, 0.05) is 28.7 Å². The quantitative estimate of drug-likeness (QED) is 0.369. The number of amides is 1. The summed E-state index contributed by atoms with van der Waals surface area (Å²) in [5.74, 6) is -0.392. The summed E-state index contributed by atoms with van der Waals surface area (Å²) in [6.07, 6.45) is 0.791. The average molecular weight is 446 g/mol. The molecule has 1 heterocycles. The summed E-state index contributed by atoms with van der Waals surface area (Å²) in [7, 11) is 1.29. The average Bonchev–Trinajstić information content (AvgIpc) is 3.21. The molecule has 33 heavy (non-hydrogen) atoms. The third kappa shape index (κ3) is 5.38. The van der Waals surface area contributed by atoms with Crippen LogP contribution in [0.5, 0.6) is 5.75 Å². The molecule has 3 aromatic carbocycles. The molecule has 168 valence electrons. The summed E-state index contributed by atoms with van der Waals surface area (Å²) in [5, 5.41) is 3.92. The Kier molecular flexibility index (Phi) is 6.69. The zero-order valence-electron chi connectivity index (χ0n) is 18.1. The second kappa shape index (κ2) is 9.99. The molecule has 6 nitrogen and oxygen atoms in total. The second-order valence-electron chi connectivity index (χ2n) is 7.47. The Morgan fingerprint density at radius 3 is 2.42 bits per heavy atom. The highest BCUT2D eigenvalue weighted by atomic mass is 19.1. The number of ether oxygens (including phenoxy) is 2. The molecule has 0 bridgehead atoms. The first-order valence-electron chi connectivity index (χ1n) is 10.5. The second-order valence-corrected chi connectivity index (χ2v) is 7.47. The van der Waals surface area contributed by atoms with E-state index in [-0.39, 0.29) is 24.8 Å². The number of para-hydroxylation sites is 1. The topological polar surface area (TPSA) is 80.4 Å². The Balaban J connectivity index is 1.44. The number of H-pyrrole nitrogens is 1. The number of esters is 1. The molecule has 0 atom stereocenters. The van der Waals surface area contributed by atoms with E-state index in [0.717, 1.165) is 27.7 Å². The normalized spacial score (nSPS) is 10.7. The molecule has 0 aliphatic carbocycles. The van der Waals surface area contributed by atoms with Crippen LogP contribution in [-0.2, 0) is 20.7 Å². The van der Waals surface area contributed by atoms with Crippen molar-refractivity contribution < 1.29 is 23.5 Å². The van der Waals surface area contributed by atoms with E-state index < -0.39 is 5.97 Å². The number of hydrogen-bond donors (Lipinski definition) is 2. The molecular formula is C26H23FN2O4. The van der Waals surface area contributed by atoms with Crippen molar-refractivity contribution in [2.45, 2.75) is 12.8 Å². The summed E-state index contributed by atoms with van der Waals surface area (Å²) in [6.45, 7) is -0.177. The van der Waals surface area contributed by atoms with Crippen molar-refractivity contribution in [3.8, 4) is 17.0 Å². The fourth-order valence-electron chi connectivity index (χ4n) is 3.62. The number of rotatable bonds is 8. The Labute approximate surface area is 190 Å². The highest BCUT2D eigenvalue weighted by Crippen LogP contribution is 2.31. The van der Waals surface area contributed by atoms with Crippen LogP contribution in [0.3, 0.4) is 0 Å². The van der Waals surface area contributed by atoms with Crippen LogP contribution in [0.15, 0.2) is 72.8 Å². The third-order valence-corrected chi connectivity index (χ3v) is 5.27. The third-order valence-electron chi connectivity index (χ3n) is 5.27. The van der Waals surface area contributed by atoms with Crippen LogP contribution in [0.25, 0.3) is 22.2 Å². The fraction of sp³-hybridized carbons (Fsp3) is 0.154. The number of fused-ring (bicyclic) bond motifs is 1. The molecule has 7 heteroatoms. The maximum absolute atomic E-state index is 13.4. The van der Waals surface area contributed by atoms with E-state index in [9.17, 15) is 14.0 Å². The Bertz CT molecular complexity index is 1260. The summed E-state index contributed by atoms with van der Waals surface area (Å²) < 4.78 is 23.2. The lowest BCUT2D eigenvalue weighted by molar-refractivity contribution is -0.142. The smallest absolute Gasteiger partial charge is 0.343 e. The number of anilines is 1. The van der Waals surface area contributed by atoms with Crippen molar-refractivity contribution in [2.24, 2.45) is 0 Å². The first-order valence-corrected chi connectivity index (χ1v) is 10.5. The van der Waals surface area contributed by atoms with Crippen molar-refractivity contribution in [3.05, 3.63) is 84.2 Å². The van der Waals surface area contributed by atoms with Gasteiger partial charge < -0.3 is 19.8 Å². The van der Waals surface area contributed by atoms with Crippen molar-refractivity contribution in [1.29, 1.82) is 0 Å². The predicted molar refractivity (Wildman–Crippen MR) is 125 cm³/mol. The largest absolute Gasteiger partial charge is 0.482 e. The molecule has 1 aromatic heterocycles. The number of carbonyl (C=O) groups excluding carboxylic acids is 2. The van der Waals surface area contributed by atoms with E-state index >= 15 is 0 Å². The minimum absolute atomic E-state index is 0.131. The number of aryl methyl sites for hydroxylation is 1. The van der Waals surface area contributed by atoms with Gasteiger partial charge in [0.2, 0.25) is 5.91 Å². The van der Waals surface area contributed by atoms with Crippen LogP contribution in [0, 0.1) is 5.82 Å². The number of aromatic amines is 1. The van der Waals surface area contributed by atoms with Gasteiger partial charge in [-0.2, -0.15) is 0 Å². The molecule has 0 spiro atoms. The zero-order chi connectivity index (χ0) is 23.2. The molecule has 0 aliphatic heterocycles. The number of nitrogens with one attached hydrogen (secondary N) is 2. The molecule has 0 fully saturated rings. The monoisotopic (exact) mass is 446 g/mol. The first-order chi connectivity index (χ1) is 16.0. The number of carbonyl (C=O) groups is 2. The van der Waals surface area contributed by atoms with Crippen molar-refractivity contribution in [3.63, 3.8) is 0 Å². The van der Waals surface area contributed by atoms with E-state index in [4.69, 9.17) is 4.74 Å². The van der Waals surface area contributed by atoms with Gasteiger partial charge in [-0.1, -0.05) is 18.2 Å². The highest BCUT2D eigenvalue weighted by molar-refractivity contribution is 5.94. The number of halogens is 1. The molecule has 0 aliphatic rings. The van der Waals surface area contributed by atoms with Crippen LogP contribution in [-0.4, -0.2) is 30.6 Å². The molecule has 0 saturated carbocycles. The van der Waals surface area contributed by atoms with Crippen molar-refractivity contribution >= 4 is 28.5 Å². The van der Waals surface area contributed by atoms with Gasteiger partial charge in [0.05, 0.1) is 7.11 Å². The molecule has 0 radical (unpaired) electrons. The van der Waals surface area contributed by atoms with Gasteiger partial charge >= 0.3 is 5.97 Å². The molecule has 1 amide bonds. The van der Waals surface area contributed by atoms with Crippen molar-refractivity contribution in [1.82, 2.24) is 4.98 Å². The fourth-order valence-corrected chi connectivity index (χ4v) is 3.62. The summed E-state index contributed by atoms with van der Waals surface area (Å²) in [5.41, 5.74) is 4.36. The van der Waals surface area contributed by atoms with Crippen LogP contribution < -0.4 is 10.1 Å². The number of hydrogen-bond acceptors (Lipinski definition) is 4. The van der Waals surface area contributed by atoms with E-state index in [1.54, 1.807) is 36.4 Å². The van der Waals surface area contributed by atoms with Gasteiger partial charge in [-0.25, -0.2) is 9.18 Å². The lowest BCUT2D eigenvalue weighted by Gasteiger charge is -2.09. The van der Waals surface area contributed by atoms with E-state index in [1.165, 1.54) is 19.2 Å². The maximum atomic E-state index is 13.4. The number of benzene rings is 3. The van der Waals surface area contributed by atoms with Crippen LogP contribution in [0.4, 0.5) is 10.1 Å². The lowest BCUT2D eigenvalue weighted by atomic mass is 10.0. The SMILES string of the molecule is COC(=O)COc1ccc(NC(=O)CCc2c(-c3ccc(F)cc3)[nH]c3ccccc23)cc1. The molecule has 2 N–H and O–H groups in total. The summed E-state index contributed by atoms with van der Waals surface area (Å²) in [4.78, 5) is 27.2. The Morgan fingerprint density at radius 2 is 1.70 bits per heavy atom. The van der Waals surface area contributed by atoms with Crippen LogP contribution in [0.2, 0.25) is 0 Å². The number of aromatic nitrogens is 1. The van der Waals surface area contributed by atoms with E-state index in [2.05, 4.69) is 15.0 Å². The number of methoxy groups -OCH3 is 1. The van der Waals surface area contributed by atoms with Gasteiger partial charge in [-0.05, 0) is 72.1 Å². The molecule has 4 rings (SSSR count). The molecular weight excluding hydrogens is 423 g/mol. The zero-order valence-corrected chi connectivity index (χ0v) is 18.1. The summed E-state index contributed by atoms with van der Waals surface area (Å²) >= 11 is 0. The lowest BCUT2D eigenvalue weighted by Crippen LogP contribution is -2.13. The minimum Gasteiger partial charge on any atom is -0.482 e. The standard InChI is InChI=1S/C26H23FN2O4/c1-32-25(31)16-33-20-12-10-19(11-13-20)28-24(30)15-14-22-21-4-2-3-5-23(21)29-26(22)17-6-8-18(27)9-7-17/h2-13,29H,14-16H2,1H3,(H,28,30). The predicted octanol–water partition coefficient (Wildman–Crippen LogP) is 5.10. The molecule has 0 unspecified atom stereocenters. The van der Waals surface area contributed by atoms with Gasteiger partial charge in [0.1, 0.15) is 11.6 Å². The minimum atomic E-state index is -0.468. The molecule has 4 aromatic rings. The molecule has 0 saturated heterocycles. The van der Waals surface area contributed by atoms with Gasteiger partial charge in [-0.15, -0.1) is 0 Å². The van der Waals surface area contributed by atoms with Gasteiger partial charge in [-0.3, -0.25) is 4.79 Å². The first kappa shape index (κ1) is 22.1. The van der Waals surface area contributed by atoms with Crippen molar-refractivity contribution in [2.75, 3.05) is 19.0 Å². The highest BCUT2D eigenvalue weighted by Gasteiger charge is 2.15.